The third-order valence-electron chi connectivity index (χ3n) is 1.46. The second kappa shape index (κ2) is 4.61. The highest BCUT2D eigenvalue weighted by Crippen LogP contribution is 2.04. The standard InChI is InChI=1S/C8H14N4O/c1-6(5-13-2)11-8-4-10-3-7(9)12-8/h3-4,6H,5H2,1-2H3,(H3,9,11,12)/t6-/m1/s1. The lowest BCUT2D eigenvalue weighted by atomic mass is 10.3. The fraction of sp³-hybridized carbons (Fsp3) is 0.500. The van der Waals surface area contributed by atoms with Gasteiger partial charge in [0.1, 0.15) is 11.6 Å². The Kier molecular flexibility index (Phi) is 3.45. The van der Waals surface area contributed by atoms with Crippen LogP contribution in [0.2, 0.25) is 0 Å². The molecule has 0 saturated heterocycles. The summed E-state index contributed by atoms with van der Waals surface area (Å²) in [5, 5.41) is 3.11. The number of anilines is 2. The van der Waals surface area contributed by atoms with Crippen molar-refractivity contribution >= 4 is 11.6 Å². The van der Waals surface area contributed by atoms with Gasteiger partial charge in [-0.3, -0.25) is 4.98 Å². The fourth-order valence-electron chi connectivity index (χ4n) is 0.995. The molecule has 1 heterocycles. The molecule has 5 nitrogen and oxygen atoms in total. The molecule has 1 aromatic rings. The average Bonchev–Trinajstić information content (AvgIpc) is 2.04. The minimum atomic E-state index is 0.195. The summed E-state index contributed by atoms with van der Waals surface area (Å²) in [5.74, 6) is 1.08. The molecular formula is C8H14N4O. The Balaban J connectivity index is 2.53. The average molecular weight is 182 g/mol. The molecule has 3 N–H and O–H groups in total. The van der Waals surface area contributed by atoms with Gasteiger partial charge >= 0.3 is 0 Å². The summed E-state index contributed by atoms with van der Waals surface area (Å²) in [7, 11) is 1.66. The molecule has 0 fully saturated rings. The number of hydrogen-bond acceptors (Lipinski definition) is 5. The Bertz CT molecular complexity index is 266. The van der Waals surface area contributed by atoms with Gasteiger partial charge in [0.2, 0.25) is 0 Å². The second-order valence-corrected chi connectivity index (χ2v) is 2.83. The van der Waals surface area contributed by atoms with Crippen LogP contribution in [0.25, 0.3) is 0 Å². The number of nitrogens with two attached hydrogens (primary N) is 1. The van der Waals surface area contributed by atoms with E-state index in [4.69, 9.17) is 10.5 Å². The molecule has 0 aliphatic carbocycles. The maximum atomic E-state index is 5.46. The van der Waals surface area contributed by atoms with Gasteiger partial charge < -0.3 is 15.8 Å². The van der Waals surface area contributed by atoms with E-state index in [9.17, 15) is 0 Å². The zero-order valence-electron chi connectivity index (χ0n) is 7.82. The summed E-state index contributed by atoms with van der Waals surface area (Å²) in [6, 6.07) is 0.195. The summed E-state index contributed by atoms with van der Waals surface area (Å²) in [4.78, 5) is 7.95. The second-order valence-electron chi connectivity index (χ2n) is 2.83. The van der Waals surface area contributed by atoms with Crippen LogP contribution in [0.5, 0.6) is 0 Å². The molecule has 0 aliphatic heterocycles. The molecular weight excluding hydrogens is 168 g/mol. The van der Waals surface area contributed by atoms with Crippen molar-refractivity contribution in [3.05, 3.63) is 12.4 Å². The van der Waals surface area contributed by atoms with E-state index in [-0.39, 0.29) is 6.04 Å². The first-order valence-electron chi connectivity index (χ1n) is 4.05. The molecule has 1 aromatic heterocycles. The number of nitrogens with one attached hydrogen (secondary N) is 1. The molecule has 0 bridgehead atoms. The molecule has 1 rings (SSSR count). The number of ether oxygens (including phenoxy) is 1. The molecule has 0 spiro atoms. The molecule has 0 saturated carbocycles. The summed E-state index contributed by atoms with van der Waals surface area (Å²) in [6.45, 7) is 2.62. The minimum absolute atomic E-state index is 0.195. The largest absolute Gasteiger partial charge is 0.383 e. The lowest BCUT2D eigenvalue weighted by Crippen LogP contribution is -2.21. The van der Waals surface area contributed by atoms with Gasteiger partial charge in [-0.15, -0.1) is 0 Å². The molecule has 72 valence electrons. The van der Waals surface area contributed by atoms with Gasteiger partial charge in [-0.05, 0) is 6.92 Å². The summed E-state index contributed by atoms with van der Waals surface area (Å²) in [5.41, 5.74) is 5.46. The molecule has 13 heavy (non-hydrogen) atoms. The number of aromatic nitrogens is 2. The Morgan fingerprint density at radius 3 is 3.00 bits per heavy atom. The maximum absolute atomic E-state index is 5.46. The van der Waals surface area contributed by atoms with Crippen molar-refractivity contribution in [1.82, 2.24) is 9.97 Å². The predicted octanol–water partition coefficient (Wildman–Crippen LogP) is 0.506. The van der Waals surface area contributed by atoms with E-state index >= 15 is 0 Å². The normalized spacial score (nSPS) is 12.5. The van der Waals surface area contributed by atoms with Crippen LogP contribution in [-0.2, 0) is 4.74 Å². The van der Waals surface area contributed by atoms with Gasteiger partial charge in [-0.25, -0.2) is 4.98 Å². The van der Waals surface area contributed by atoms with Gasteiger partial charge in [0.15, 0.2) is 0 Å². The monoisotopic (exact) mass is 182 g/mol. The number of hydrogen-bond donors (Lipinski definition) is 2. The third kappa shape index (κ3) is 3.25. The highest BCUT2D eigenvalue weighted by Gasteiger charge is 2.01. The van der Waals surface area contributed by atoms with Gasteiger partial charge in [0, 0.05) is 13.2 Å². The Morgan fingerprint density at radius 2 is 2.38 bits per heavy atom. The SMILES string of the molecule is COC[C@@H](C)Nc1cncc(N)n1. The summed E-state index contributed by atoms with van der Waals surface area (Å²) < 4.78 is 4.96. The third-order valence-corrected chi connectivity index (χ3v) is 1.46. The lowest BCUT2D eigenvalue weighted by Gasteiger charge is -2.12. The van der Waals surface area contributed by atoms with Crippen LogP contribution >= 0.6 is 0 Å². The Morgan fingerprint density at radius 1 is 1.62 bits per heavy atom. The van der Waals surface area contributed by atoms with E-state index in [1.54, 1.807) is 13.3 Å². The number of rotatable bonds is 4. The topological polar surface area (TPSA) is 73.1 Å². The Hall–Kier alpha value is -1.36. The van der Waals surface area contributed by atoms with E-state index in [1.165, 1.54) is 6.20 Å². The van der Waals surface area contributed by atoms with E-state index < -0.39 is 0 Å². The molecule has 5 heteroatoms. The van der Waals surface area contributed by atoms with Crippen molar-refractivity contribution in [2.45, 2.75) is 13.0 Å². The minimum Gasteiger partial charge on any atom is -0.383 e. The highest BCUT2D eigenvalue weighted by molar-refractivity contribution is 5.38. The molecule has 1 atom stereocenters. The zero-order valence-corrected chi connectivity index (χ0v) is 7.82. The van der Waals surface area contributed by atoms with Crippen molar-refractivity contribution in [2.24, 2.45) is 0 Å². The first-order valence-corrected chi connectivity index (χ1v) is 4.05. The highest BCUT2D eigenvalue weighted by atomic mass is 16.5. The van der Waals surface area contributed by atoms with Crippen molar-refractivity contribution < 1.29 is 4.74 Å². The van der Waals surface area contributed by atoms with Crippen LogP contribution < -0.4 is 11.1 Å². The van der Waals surface area contributed by atoms with Crippen molar-refractivity contribution in [2.75, 3.05) is 24.8 Å². The van der Waals surface area contributed by atoms with Crippen LogP contribution in [0.1, 0.15) is 6.92 Å². The molecule has 0 amide bonds. The first-order chi connectivity index (χ1) is 6.22. The van der Waals surface area contributed by atoms with E-state index in [0.717, 1.165) is 0 Å². The molecule has 0 aliphatic rings. The van der Waals surface area contributed by atoms with Crippen LogP contribution in [0.3, 0.4) is 0 Å². The van der Waals surface area contributed by atoms with Gasteiger partial charge in [0.05, 0.1) is 19.0 Å². The van der Waals surface area contributed by atoms with Gasteiger partial charge in [0.25, 0.3) is 0 Å². The zero-order chi connectivity index (χ0) is 9.68. The molecule has 0 aromatic carbocycles. The van der Waals surface area contributed by atoms with Crippen LogP contribution in [0.4, 0.5) is 11.6 Å². The summed E-state index contributed by atoms with van der Waals surface area (Å²) in [6.07, 6.45) is 3.13. The predicted molar refractivity (Wildman–Crippen MR) is 51.4 cm³/mol. The van der Waals surface area contributed by atoms with Crippen LogP contribution in [0.15, 0.2) is 12.4 Å². The number of nitrogen functional groups attached to an aromatic ring is 1. The molecule has 0 radical (unpaired) electrons. The molecule has 0 unspecified atom stereocenters. The van der Waals surface area contributed by atoms with Crippen molar-refractivity contribution in [3.63, 3.8) is 0 Å². The number of nitrogens with zero attached hydrogens (tertiary/aromatic N) is 2. The Labute approximate surface area is 77.3 Å². The van der Waals surface area contributed by atoms with Gasteiger partial charge in [-0.2, -0.15) is 0 Å². The first kappa shape index (κ1) is 9.73. The number of methoxy groups -OCH3 is 1. The van der Waals surface area contributed by atoms with Crippen LogP contribution in [0, 0.1) is 0 Å². The van der Waals surface area contributed by atoms with Crippen molar-refractivity contribution in [1.29, 1.82) is 0 Å². The summed E-state index contributed by atoms with van der Waals surface area (Å²) >= 11 is 0. The van der Waals surface area contributed by atoms with Crippen molar-refractivity contribution in [3.8, 4) is 0 Å². The van der Waals surface area contributed by atoms with Gasteiger partial charge in [-0.1, -0.05) is 0 Å². The van der Waals surface area contributed by atoms with E-state index in [1.807, 2.05) is 6.92 Å². The van der Waals surface area contributed by atoms with Crippen LogP contribution in [-0.4, -0.2) is 29.7 Å². The quantitative estimate of drug-likeness (QED) is 0.709. The maximum Gasteiger partial charge on any atom is 0.147 e. The fourth-order valence-corrected chi connectivity index (χ4v) is 0.995. The van der Waals surface area contributed by atoms with E-state index in [0.29, 0.717) is 18.2 Å². The smallest absolute Gasteiger partial charge is 0.147 e. The lowest BCUT2D eigenvalue weighted by molar-refractivity contribution is 0.190. The van der Waals surface area contributed by atoms with E-state index in [2.05, 4.69) is 15.3 Å².